The number of pyridine rings is 1. The third-order valence-corrected chi connectivity index (χ3v) is 3.32. The molecular formula is C16H16N2O2. The first kappa shape index (κ1) is 13.9. The van der Waals surface area contributed by atoms with E-state index in [4.69, 9.17) is 5.11 Å². The van der Waals surface area contributed by atoms with E-state index in [0.717, 1.165) is 5.57 Å². The Morgan fingerprint density at radius 2 is 2.15 bits per heavy atom. The number of carbonyl (C=O) groups is 1. The number of aromatic nitrogens is 1. The molecule has 0 fully saturated rings. The monoisotopic (exact) mass is 268 g/mol. The van der Waals surface area contributed by atoms with E-state index in [1.54, 1.807) is 24.6 Å². The van der Waals surface area contributed by atoms with Gasteiger partial charge in [-0.05, 0) is 24.1 Å². The van der Waals surface area contributed by atoms with Crippen LogP contribution in [0, 0.1) is 5.41 Å². The highest BCUT2D eigenvalue weighted by molar-refractivity contribution is 5.86. The van der Waals surface area contributed by atoms with Gasteiger partial charge in [0.15, 0.2) is 0 Å². The zero-order chi connectivity index (χ0) is 14.6. The lowest BCUT2D eigenvalue weighted by atomic mass is 9.79. The average Bonchev–Trinajstić information content (AvgIpc) is 2.47. The zero-order valence-electron chi connectivity index (χ0n) is 11.1. The number of carboxylic acids is 1. The van der Waals surface area contributed by atoms with E-state index >= 15 is 0 Å². The fraction of sp³-hybridized carbons (Fsp3) is 0.188. The lowest BCUT2D eigenvalue weighted by molar-refractivity contribution is -0.136. The number of allylic oxidation sites excluding steroid dienone is 2. The van der Waals surface area contributed by atoms with E-state index in [1.165, 1.54) is 0 Å². The van der Waals surface area contributed by atoms with E-state index < -0.39 is 11.4 Å². The SMILES string of the molecule is C=CC1(C=C)C=NC(c2ccccn2)=C(CC(=O)O)C1. The van der Waals surface area contributed by atoms with Crippen molar-refractivity contribution >= 4 is 17.9 Å². The minimum atomic E-state index is -0.882. The molecule has 0 bridgehead atoms. The number of hydrogen-bond acceptors (Lipinski definition) is 3. The molecule has 4 nitrogen and oxygen atoms in total. The normalized spacial score (nSPS) is 16.8. The van der Waals surface area contributed by atoms with Crippen LogP contribution >= 0.6 is 0 Å². The van der Waals surface area contributed by atoms with Gasteiger partial charge < -0.3 is 5.11 Å². The molecule has 0 amide bonds. The summed E-state index contributed by atoms with van der Waals surface area (Å²) in [5.74, 6) is -0.882. The van der Waals surface area contributed by atoms with Gasteiger partial charge in [-0.25, -0.2) is 0 Å². The van der Waals surface area contributed by atoms with Gasteiger partial charge in [-0.2, -0.15) is 0 Å². The zero-order valence-corrected chi connectivity index (χ0v) is 11.1. The van der Waals surface area contributed by atoms with Crippen LogP contribution in [0.1, 0.15) is 18.5 Å². The minimum Gasteiger partial charge on any atom is -0.481 e. The quantitative estimate of drug-likeness (QED) is 0.835. The molecule has 0 spiro atoms. The van der Waals surface area contributed by atoms with Gasteiger partial charge in [0.2, 0.25) is 0 Å². The number of nitrogens with zero attached hydrogens (tertiary/aromatic N) is 2. The molecule has 1 aromatic rings. The highest BCUT2D eigenvalue weighted by atomic mass is 16.4. The molecule has 102 valence electrons. The molecule has 0 unspecified atom stereocenters. The second kappa shape index (κ2) is 5.65. The van der Waals surface area contributed by atoms with Crippen LogP contribution in [-0.4, -0.2) is 22.3 Å². The molecule has 1 aliphatic rings. The molecule has 0 aromatic carbocycles. The average molecular weight is 268 g/mol. The Labute approximate surface area is 117 Å². The molecule has 1 aliphatic heterocycles. The molecule has 1 aromatic heterocycles. The summed E-state index contributed by atoms with van der Waals surface area (Å²) >= 11 is 0. The van der Waals surface area contributed by atoms with Crippen molar-refractivity contribution in [2.45, 2.75) is 12.8 Å². The summed E-state index contributed by atoms with van der Waals surface area (Å²) in [6.07, 6.45) is 7.34. The highest BCUT2D eigenvalue weighted by Gasteiger charge is 2.29. The van der Waals surface area contributed by atoms with Crippen LogP contribution in [0.3, 0.4) is 0 Å². The third-order valence-electron chi connectivity index (χ3n) is 3.32. The van der Waals surface area contributed by atoms with Gasteiger partial charge in [-0.1, -0.05) is 18.2 Å². The molecule has 0 aliphatic carbocycles. The molecular weight excluding hydrogens is 252 g/mol. The first-order chi connectivity index (χ1) is 9.60. The Morgan fingerprint density at radius 1 is 1.40 bits per heavy atom. The fourth-order valence-corrected chi connectivity index (χ4v) is 2.19. The van der Waals surface area contributed by atoms with Crippen LogP contribution in [-0.2, 0) is 4.79 Å². The van der Waals surface area contributed by atoms with E-state index in [-0.39, 0.29) is 6.42 Å². The number of hydrogen-bond donors (Lipinski definition) is 1. The topological polar surface area (TPSA) is 62.5 Å². The van der Waals surface area contributed by atoms with Gasteiger partial charge in [0.25, 0.3) is 0 Å². The van der Waals surface area contributed by atoms with Crippen molar-refractivity contribution in [3.05, 3.63) is 61.0 Å². The van der Waals surface area contributed by atoms with E-state index in [9.17, 15) is 4.79 Å². The lowest BCUT2D eigenvalue weighted by Crippen LogP contribution is -2.22. The molecule has 20 heavy (non-hydrogen) atoms. The molecule has 0 atom stereocenters. The number of aliphatic imine (C=N–C) groups is 1. The summed E-state index contributed by atoms with van der Waals surface area (Å²) in [6.45, 7) is 7.58. The van der Waals surface area contributed by atoms with Crippen LogP contribution in [0.5, 0.6) is 0 Å². The van der Waals surface area contributed by atoms with Crippen molar-refractivity contribution < 1.29 is 9.90 Å². The molecule has 4 heteroatoms. The number of carboxylic acid groups (broad SMARTS) is 1. The van der Waals surface area contributed by atoms with Gasteiger partial charge in [-0.15, -0.1) is 13.2 Å². The summed E-state index contributed by atoms with van der Waals surface area (Å²) in [7, 11) is 0. The van der Waals surface area contributed by atoms with Crippen molar-refractivity contribution in [3.63, 3.8) is 0 Å². The maximum absolute atomic E-state index is 11.1. The summed E-state index contributed by atoms with van der Waals surface area (Å²) in [6, 6.07) is 5.49. The Morgan fingerprint density at radius 3 is 2.70 bits per heavy atom. The molecule has 2 rings (SSSR count). The van der Waals surface area contributed by atoms with Gasteiger partial charge in [-0.3, -0.25) is 14.8 Å². The fourth-order valence-electron chi connectivity index (χ4n) is 2.19. The molecule has 2 heterocycles. The Hall–Kier alpha value is -2.49. The Bertz CT molecular complexity index is 592. The minimum absolute atomic E-state index is 0.0628. The summed E-state index contributed by atoms with van der Waals surface area (Å²) in [5, 5.41) is 9.09. The molecule has 0 radical (unpaired) electrons. The van der Waals surface area contributed by atoms with E-state index in [1.807, 2.05) is 18.2 Å². The van der Waals surface area contributed by atoms with Gasteiger partial charge in [0.05, 0.1) is 17.8 Å². The Kier molecular flexibility index (Phi) is 3.94. The van der Waals surface area contributed by atoms with Crippen LogP contribution in [0.25, 0.3) is 5.70 Å². The first-order valence-corrected chi connectivity index (χ1v) is 6.28. The third kappa shape index (κ3) is 2.74. The van der Waals surface area contributed by atoms with Crippen LogP contribution in [0.15, 0.2) is 60.3 Å². The summed E-state index contributed by atoms with van der Waals surface area (Å²) < 4.78 is 0. The van der Waals surface area contributed by atoms with Gasteiger partial charge in [0, 0.05) is 17.8 Å². The molecule has 1 N–H and O–H groups in total. The Balaban J connectivity index is 2.48. The predicted octanol–water partition coefficient (Wildman–Crippen LogP) is 3.10. The number of rotatable bonds is 5. The smallest absolute Gasteiger partial charge is 0.307 e. The molecule has 0 saturated heterocycles. The summed E-state index contributed by atoms with van der Waals surface area (Å²) in [4.78, 5) is 19.7. The van der Waals surface area contributed by atoms with Crippen molar-refractivity contribution in [2.75, 3.05) is 0 Å². The van der Waals surface area contributed by atoms with Crippen molar-refractivity contribution in [1.29, 1.82) is 0 Å². The largest absolute Gasteiger partial charge is 0.481 e. The maximum atomic E-state index is 11.1. The first-order valence-electron chi connectivity index (χ1n) is 6.28. The second-order valence-corrected chi connectivity index (χ2v) is 4.69. The van der Waals surface area contributed by atoms with Gasteiger partial charge >= 0.3 is 5.97 Å². The standard InChI is InChI=1S/C16H16N2O2/c1-3-16(4-2)10-12(9-14(19)20)15(18-11-16)13-7-5-6-8-17-13/h3-8,11H,1-2,9-10H2,(H,19,20). The van der Waals surface area contributed by atoms with Crippen LogP contribution in [0.4, 0.5) is 0 Å². The number of aliphatic carboxylic acids is 1. The second-order valence-electron chi connectivity index (χ2n) is 4.69. The molecule has 0 saturated carbocycles. The van der Waals surface area contributed by atoms with Crippen LogP contribution < -0.4 is 0 Å². The lowest BCUT2D eigenvalue weighted by Gasteiger charge is -2.28. The van der Waals surface area contributed by atoms with Crippen LogP contribution in [0.2, 0.25) is 0 Å². The van der Waals surface area contributed by atoms with E-state index in [2.05, 4.69) is 23.1 Å². The van der Waals surface area contributed by atoms with Crippen molar-refractivity contribution in [1.82, 2.24) is 4.98 Å². The van der Waals surface area contributed by atoms with Crippen molar-refractivity contribution in [2.24, 2.45) is 10.4 Å². The van der Waals surface area contributed by atoms with Gasteiger partial charge in [0.1, 0.15) is 0 Å². The predicted molar refractivity (Wildman–Crippen MR) is 79.3 cm³/mol. The highest BCUT2D eigenvalue weighted by Crippen LogP contribution is 2.37. The van der Waals surface area contributed by atoms with E-state index in [0.29, 0.717) is 17.8 Å². The summed E-state index contributed by atoms with van der Waals surface area (Å²) in [5.41, 5.74) is 1.57. The maximum Gasteiger partial charge on any atom is 0.307 e. The van der Waals surface area contributed by atoms with Crippen molar-refractivity contribution in [3.8, 4) is 0 Å².